The Balaban J connectivity index is 1.13. The summed E-state index contributed by atoms with van der Waals surface area (Å²) in [4.78, 5) is 1.49. The summed E-state index contributed by atoms with van der Waals surface area (Å²) in [5.41, 5.74) is 2.47. The van der Waals surface area contributed by atoms with Gasteiger partial charge in [-0.05, 0) is 48.4 Å². The summed E-state index contributed by atoms with van der Waals surface area (Å²) in [5.74, 6) is 2.32. The number of benzene rings is 2. The predicted octanol–water partition coefficient (Wildman–Crippen LogP) is 1.83. The van der Waals surface area contributed by atoms with E-state index in [-0.39, 0.29) is 6.79 Å². The third kappa shape index (κ3) is 5.25. The topological polar surface area (TPSA) is 52.4 Å². The van der Waals surface area contributed by atoms with Crippen molar-refractivity contribution in [3.05, 3.63) is 59.7 Å². The van der Waals surface area contributed by atoms with Crippen molar-refractivity contribution in [1.82, 2.24) is 0 Å². The SMILES string of the molecule is O[C@H](COCc1ccc2c(c1)OCO2)C[NH+]1CCC(Cc2ccccc2)CC1. The van der Waals surface area contributed by atoms with Gasteiger partial charge in [0.2, 0.25) is 6.79 Å². The lowest BCUT2D eigenvalue weighted by atomic mass is 9.90. The molecule has 0 bridgehead atoms. The minimum Gasteiger partial charge on any atom is -0.454 e. The van der Waals surface area contributed by atoms with E-state index in [1.54, 1.807) is 0 Å². The average Bonchev–Trinajstić information content (AvgIpc) is 3.18. The first-order chi connectivity index (χ1) is 13.8. The van der Waals surface area contributed by atoms with Crippen molar-refractivity contribution in [2.45, 2.75) is 32.0 Å². The van der Waals surface area contributed by atoms with E-state index in [9.17, 15) is 5.11 Å². The Kier molecular flexibility index (Phi) is 6.47. The highest BCUT2D eigenvalue weighted by atomic mass is 16.7. The second-order valence-corrected chi connectivity index (χ2v) is 7.94. The Morgan fingerprint density at radius 3 is 2.61 bits per heavy atom. The number of piperidine rings is 1. The number of likely N-dealkylation sites (tertiary alicyclic amines) is 1. The van der Waals surface area contributed by atoms with Crippen LogP contribution in [0.25, 0.3) is 0 Å². The summed E-state index contributed by atoms with van der Waals surface area (Å²) in [5, 5.41) is 10.3. The van der Waals surface area contributed by atoms with Gasteiger partial charge in [-0.2, -0.15) is 0 Å². The number of aliphatic hydroxyl groups excluding tert-OH is 1. The van der Waals surface area contributed by atoms with Crippen LogP contribution in [0.4, 0.5) is 0 Å². The molecular weight excluding hydrogens is 354 g/mol. The lowest BCUT2D eigenvalue weighted by Crippen LogP contribution is -3.14. The molecular formula is C23H30NO4+. The predicted molar refractivity (Wildman–Crippen MR) is 107 cm³/mol. The molecule has 0 spiro atoms. The Bertz CT molecular complexity index is 744. The molecule has 0 amide bonds. The summed E-state index contributed by atoms with van der Waals surface area (Å²) in [6, 6.07) is 16.6. The van der Waals surface area contributed by atoms with Gasteiger partial charge < -0.3 is 24.2 Å². The zero-order chi connectivity index (χ0) is 19.2. The van der Waals surface area contributed by atoms with Crippen LogP contribution in [0, 0.1) is 5.92 Å². The quantitative estimate of drug-likeness (QED) is 0.729. The van der Waals surface area contributed by atoms with E-state index in [1.165, 1.54) is 29.7 Å². The van der Waals surface area contributed by atoms with Crippen molar-refractivity contribution < 1.29 is 24.2 Å². The van der Waals surface area contributed by atoms with Crippen molar-refractivity contribution in [1.29, 1.82) is 0 Å². The molecule has 2 N–H and O–H groups in total. The van der Waals surface area contributed by atoms with Crippen LogP contribution in [0.1, 0.15) is 24.0 Å². The zero-order valence-corrected chi connectivity index (χ0v) is 16.3. The van der Waals surface area contributed by atoms with Crippen LogP contribution < -0.4 is 14.4 Å². The maximum Gasteiger partial charge on any atom is 0.231 e. The molecule has 0 radical (unpaired) electrons. The maximum absolute atomic E-state index is 10.3. The fourth-order valence-electron chi connectivity index (χ4n) is 4.18. The van der Waals surface area contributed by atoms with E-state index in [2.05, 4.69) is 30.3 Å². The van der Waals surface area contributed by atoms with Crippen LogP contribution in [-0.4, -0.2) is 44.2 Å². The van der Waals surface area contributed by atoms with Crippen LogP contribution >= 0.6 is 0 Å². The number of rotatable bonds is 8. The van der Waals surface area contributed by atoms with Crippen LogP contribution in [0.5, 0.6) is 11.5 Å². The molecule has 0 aliphatic carbocycles. The highest BCUT2D eigenvalue weighted by Gasteiger charge is 2.24. The van der Waals surface area contributed by atoms with Gasteiger partial charge >= 0.3 is 0 Å². The van der Waals surface area contributed by atoms with Crippen LogP contribution in [-0.2, 0) is 17.8 Å². The van der Waals surface area contributed by atoms with Crippen molar-refractivity contribution in [2.75, 3.05) is 33.0 Å². The summed E-state index contributed by atoms with van der Waals surface area (Å²) in [7, 11) is 0. The zero-order valence-electron chi connectivity index (χ0n) is 16.3. The fourth-order valence-corrected chi connectivity index (χ4v) is 4.18. The number of aliphatic hydroxyl groups is 1. The van der Waals surface area contributed by atoms with E-state index in [0.29, 0.717) is 13.2 Å². The molecule has 150 valence electrons. The minimum absolute atomic E-state index is 0.281. The van der Waals surface area contributed by atoms with Crippen molar-refractivity contribution in [3.8, 4) is 11.5 Å². The molecule has 1 fully saturated rings. The minimum atomic E-state index is -0.422. The third-order valence-electron chi connectivity index (χ3n) is 5.72. The molecule has 0 aromatic heterocycles. The number of nitrogens with one attached hydrogen (secondary N) is 1. The van der Waals surface area contributed by atoms with Gasteiger partial charge in [-0.1, -0.05) is 36.4 Å². The van der Waals surface area contributed by atoms with E-state index < -0.39 is 6.10 Å². The molecule has 1 atom stereocenters. The van der Waals surface area contributed by atoms with E-state index in [1.807, 2.05) is 18.2 Å². The molecule has 4 rings (SSSR count). The van der Waals surface area contributed by atoms with Gasteiger partial charge in [0.15, 0.2) is 11.5 Å². The lowest BCUT2D eigenvalue weighted by molar-refractivity contribution is -0.909. The smallest absolute Gasteiger partial charge is 0.231 e. The standard InChI is InChI=1S/C23H29NO4/c25-21(16-26-15-20-6-7-22-23(13-20)28-17-27-22)14-24-10-8-19(9-11-24)12-18-4-2-1-3-5-18/h1-7,13,19,21,25H,8-12,14-17H2/p+1/t21-/m0/s1. The van der Waals surface area contributed by atoms with Gasteiger partial charge in [0.05, 0.1) is 26.3 Å². The first-order valence-electron chi connectivity index (χ1n) is 10.3. The van der Waals surface area contributed by atoms with Crippen LogP contribution in [0.2, 0.25) is 0 Å². The molecule has 28 heavy (non-hydrogen) atoms. The molecule has 1 saturated heterocycles. The Morgan fingerprint density at radius 1 is 1.00 bits per heavy atom. The van der Waals surface area contributed by atoms with Gasteiger partial charge in [-0.25, -0.2) is 0 Å². The largest absolute Gasteiger partial charge is 0.454 e. The molecule has 0 unspecified atom stereocenters. The summed E-state index contributed by atoms with van der Waals surface area (Å²) in [6.45, 7) is 4.16. The molecule has 2 heterocycles. The Morgan fingerprint density at radius 2 is 1.79 bits per heavy atom. The highest BCUT2D eigenvalue weighted by Crippen LogP contribution is 2.32. The van der Waals surface area contributed by atoms with Gasteiger partial charge in [0.1, 0.15) is 12.6 Å². The summed E-state index contributed by atoms with van der Waals surface area (Å²) in [6.07, 6.45) is 3.22. The summed E-state index contributed by atoms with van der Waals surface area (Å²) < 4.78 is 16.4. The average molecular weight is 384 g/mol. The molecule has 2 aliphatic heterocycles. The number of fused-ring (bicyclic) bond motifs is 1. The summed E-state index contributed by atoms with van der Waals surface area (Å²) >= 11 is 0. The number of hydrogen-bond acceptors (Lipinski definition) is 4. The monoisotopic (exact) mass is 384 g/mol. The maximum atomic E-state index is 10.3. The number of quaternary nitrogens is 1. The second-order valence-electron chi connectivity index (χ2n) is 7.94. The molecule has 2 aromatic carbocycles. The van der Waals surface area contributed by atoms with Gasteiger partial charge in [0.25, 0.3) is 0 Å². The van der Waals surface area contributed by atoms with Crippen LogP contribution in [0.3, 0.4) is 0 Å². The van der Waals surface area contributed by atoms with Crippen molar-refractivity contribution in [2.24, 2.45) is 5.92 Å². The second kappa shape index (κ2) is 9.41. The first-order valence-corrected chi connectivity index (χ1v) is 10.3. The van der Waals surface area contributed by atoms with Gasteiger partial charge in [-0.15, -0.1) is 0 Å². The van der Waals surface area contributed by atoms with E-state index in [0.717, 1.165) is 42.6 Å². The van der Waals surface area contributed by atoms with Gasteiger partial charge in [0, 0.05) is 0 Å². The van der Waals surface area contributed by atoms with E-state index >= 15 is 0 Å². The van der Waals surface area contributed by atoms with Crippen molar-refractivity contribution in [3.63, 3.8) is 0 Å². The molecule has 5 nitrogen and oxygen atoms in total. The molecule has 0 saturated carbocycles. The normalized spacial score (nSPS) is 22.2. The Hall–Kier alpha value is -2.08. The highest BCUT2D eigenvalue weighted by molar-refractivity contribution is 5.44. The van der Waals surface area contributed by atoms with Crippen molar-refractivity contribution >= 4 is 0 Å². The Labute approximate surface area is 166 Å². The van der Waals surface area contributed by atoms with Gasteiger partial charge in [-0.3, -0.25) is 0 Å². The van der Waals surface area contributed by atoms with Crippen LogP contribution in [0.15, 0.2) is 48.5 Å². The number of ether oxygens (including phenoxy) is 3. The third-order valence-corrected chi connectivity index (χ3v) is 5.72. The fraction of sp³-hybridized carbons (Fsp3) is 0.478. The first kappa shape index (κ1) is 19.2. The lowest BCUT2D eigenvalue weighted by Gasteiger charge is -2.30. The molecule has 5 heteroatoms. The molecule has 2 aliphatic rings. The van der Waals surface area contributed by atoms with E-state index in [4.69, 9.17) is 14.2 Å². The molecule has 2 aromatic rings. The number of hydrogen-bond donors (Lipinski definition) is 2.